The van der Waals surface area contributed by atoms with Crippen molar-refractivity contribution in [1.82, 2.24) is 14.9 Å². The van der Waals surface area contributed by atoms with Crippen LogP contribution in [0, 0.1) is 19.8 Å². The van der Waals surface area contributed by atoms with Gasteiger partial charge in [0.2, 0.25) is 0 Å². The summed E-state index contributed by atoms with van der Waals surface area (Å²) in [5, 5.41) is 1.73. The lowest BCUT2D eigenvalue weighted by molar-refractivity contribution is 0.00126. The Hall–Kier alpha value is -2.58. The van der Waals surface area contributed by atoms with E-state index in [9.17, 15) is 9.59 Å². The zero-order valence-electron chi connectivity index (χ0n) is 16.9. The summed E-state index contributed by atoms with van der Waals surface area (Å²) in [6.07, 6.45) is 4.43. The first-order valence-electron chi connectivity index (χ1n) is 9.91. The van der Waals surface area contributed by atoms with E-state index in [1.807, 2.05) is 49.1 Å². The van der Waals surface area contributed by atoms with Crippen LogP contribution in [0.2, 0.25) is 0 Å². The number of esters is 1. The quantitative estimate of drug-likeness (QED) is 0.538. The van der Waals surface area contributed by atoms with Gasteiger partial charge in [-0.15, -0.1) is 22.7 Å². The summed E-state index contributed by atoms with van der Waals surface area (Å²) in [5.41, 5.74) is 0.981. The van der Waals surface area contributed by atoms with Crippen molar-refractivity contribution < 1.29 is 14.3 Å². The van der Waals surface area contributed by atoms with Gasteiger partial charge in [0.25, 0.3) is 5.91 Å². The van der Waals surface area contributed by atoms with Crippen molar-refractivity contribution >= 4 is 34.6 Å². The molecule has 4 rings (SSSR count). The smallest absolute Gasteiger partial charge is 0.350 e. The normalized spacial score (nSPS) is 15.7. The fraction of sp³-hybridized carbons (Fsp3) is 0.364. The van der Waals surface area contributed by atoms with E-state index < -0.39 is 0 Å². The van der Waals surface area contributed by atoms with Crippen LogP contribution in [0.3, 0.4) is 0 Å². The summed E-state index contributed by atoms with van der Waals surface area (Å²) in [6.45, 7) is 5.05. The molecule has 30 heavy (non-hydrogen) atoms. The number of nitrogens with zero attached hydrogens (tertiary/aromatic N) is 3. The minimum Gasteiger partial charge on any atom is -0.453 e. The third kappa shape index (κ3) is 4.60. The fourth-order valence-electron chi connectivity index (χ4n) is 3.73. The molecule has 0 bridgehead atoms. The highest BCUT2D eigenvalue weighted by molar-refractivity contribution is 7.13. The van der Waals surface area contributed by atoms with Crippen molar-refractivity contribution in [3.8, 4) is 0 Å². The van der Waals surface area contributed by atoms with Gasteiger partial charge in [0.1, 0.15) is 15.9 Å². The second-order valence-corrected chi connectivity index (χ2v) is 9.82. The molecular weight excluding hydrogens is 418 g/mol. The van der Waals surface area contributed by atoms with Gasteiger partial charge in [0, 0.05) is 19.0 Å². The standard InChI is InChI=1S/C22H23N3O3S2/c1-14-23-12-18(29-14)21(26)25-10-8-17(9-11-25)20(16-6-4-3-5-7-16)28-22(27)19-13-24-15(2)30-19/h3-7,12-13,17,20H,8-11H2,1-2H3. The van der Waals surface area contributed by atoms with E-state index in [-0.39, 0.29) is 23.9 Å². The van der Waals surface area contributed by atoms with Gasteiger partial charge in [-0.05, 0) is 32.3 Å². The molecule has 1 unspecified atom stereocenters. The maximum atomic E-state index is 12.7. The molecule has 0 N–H and O–H groups in total. The topological polar surface area (TPSA) is 72.4 Å². The van der Waals surface area contributed by atoms with Gasteiger partial charge in [0.05, 0.1) is 22.4 Å². The minimum atomic E-state index is -0.344. The number of benzene rings is 1. The van der Waals surface area contributed by atoms with Crippen LogP contribution in [0.25, 0.3) is 0 Å². The van der Waals surface area contributed by atoms with Crippen molar-refractivity contribution in [3.05, 3.63) is 68.1 Å². The number of aromatic nitrogens is 2. The van der Waals surface area contributed by atoms with Crippen LogP contribution in [-0.2, 0) is 4.74 Å². The number of carbonyl (C=O) groups is 2. The predicted molar refractivity (Wildman–Crippen MR) is 117 cm³/mol. The van der Waals surface area contributed by atoms with E-state index in [1.165, 1.54) is 22.7 Å². The molecule has 6 nitrogen and oxygen atoms in total. The Balaban J connectivity index is 1.47. The monoisotopic (exact) mass is 441 g/mol. The molecule has 1 fully saturated rings. The first kappa shape index (κ1) is 20.7. The Morgan fingerprint density at radius 2 is 1.60 bits per heavy atom. The highest BCUT2D eigenvalue weighted by atomic mass is 32.1. The van der Waals surface area contributed by atoms with E-state index in [4.69, 9.17) is 4.74 Å². The van der Waals surface area contributed by atoms with Gasteiger partial charge >= 0.3 is 5.97 Å². The molecule has 8 heteroatoms. The second kappa shape index (κ2) is 9.06. The van der Waals surface area contributed by atoms with Gasteiger partial charge in [0.15, 0.2) is 0 Å². The summed E-state index contributed by atoms with van der Waals surface area (Å²) in [7, 11) is 0. The van der Waals surface area contributed by atoms with Gasteiger partial charge in [-0.1, -0.05) is 30.3 Å². The Morgan fingerprint density at radius 1 is 1.00 bits per heavy atom. The van der Waals surface area contributed by atoms with Crippen LogP contribution in [-0.4, -0.2) is 39.8 Å². The Morgan fingerprint density at radius 3 is 2.17 bits per heavy atom. The van der Waals surface area contributed by atoms with Gasteiger partial charge in [-0.3, -0.25) is 4.79 Å². The number of piperidine rings is 1. The molecule has 1 amide bonds. The van der Waals surface area contributed by atoms with Gasteiger partial charge < -0.3 is 9.64 Å². The Kier molecular flexibility index (Phi) is 6.24. The number of thiazole rings is 2. The molecule has 2 aromatic heterocycles. The van der Waals surface area contributed by atoms with Crippen LogP contribution in [0.5, 0.6) is 0 Å². The summed E-state index contributed by atoms with van der Waals surface area (Å²) in [5.74, 6) is -0.154. The predicted octanol–water partition coefficient (Wildman–Crippen LogP) is 4.67. The average Bonchev–Trinajstić information content (AvgIpc) is 3.40. The SMILES string of the molecule is Cc1ncc(C(=O)OC(c2ccccc2)C2CCN(C(=O)c3cnc(C)s3)CC2)s1. The summed E-state index contributed by atoms with van der Waals surface area (Å²) in [6, 6.07) is 9.85. The number of rotatable bonds is 5. The lowest BCUT2D eigenvalue weighted by atomic mass is 9.87. The molecule has 0 spiro atoms. The van der Waals surface area contributed by atoms with E-state index in [0.29, 0.717) is 22.8 Å². The Labute approximate surface area is 183 Å². The van der Waals surface area contributed by atoms with E-state index >= 15 is 0 Å². The van der Waals surface area contributed by atoms with Crippen molar-refractivity contribution in [3.63, 3.8) is 0 Å². The molecular formula is C22H23N3O3S2. The molecule has 156 valence electrons. The highest BCUT2D eigenvalue weighted by Gasteiger charge is 2.33. The number of ether oxygens (including phenoxy) is 1. The van der Waals surface area contributed by atoms with E-state index in [2.05, 4.69) is 9.97 Å². The number of hydrogen-bond donors (Lipinski definition) is 0. The van der Waals surface area contributed by atoms with Crippen molar-refractivity contribution in [2.45, 2.75) is 32.8 Å². The van der Waals surface area contributed by atoms with E-state index in [0.717, 1.165) is 28.4 Å². The number of aryl methyl sites for hydroxylation is 2. The van der Waals surface area contributed by atoms with Crippen LogP contribution < -0.4 is 0 Å². The largest absolute Gasteiger partial charge is 0.453 e. The summed E-state index contributed by atoms with van der Waals surface area (Å²) in [4.78, 5) is 36.9. The maximum Gasteiger partial charge on any atom is 0.350 e. The minimum absolute atomic E-state index is 0.0347. The van der Waals surface area contributed by atoms with E-state index in [1.54, 1.807) is 12.4 Å². The van der Waals surface area contributed by atoms with Crippen molar-refractivity contribution in [2.24, 2.45) is 5.92 Å². The lowest BCUT2D eigenvalue weighted by Crippen LogP contribution is -2.40. The highest BCUT2D eigenvalue weighted by Crippen LogP contribution is 2.35. The molecule has 3 aromatic rings. The molecule has 1 saturated heterocycles. The van der Waals surface area contributed by atoms with Crippen LogP contribution in [0.4, 0.5) is 0 Å². The number of amides is 1. The molecule has 0 saturated carbocycles. The molecule has 1 aliphatic heterocycles. The molecule has 0 aliphatic carbocycles. The molecule has 0 radical (unpaired) electrons. The van der Waals surface area contributed by atoms with Gasteiger partial charge in [-0.25, -0.2) is 14.8 Å². The number of hydrogen-bond acceptors (Lipinski definition) is 7. The number of carbonyl (C=O) groups excluding carboxylic acids is 2. The second-order valence-electron chi connectivity index (χ2n) is 7.35. The van der Waals surface area contributed by atoms with Crippen molar-refractivity contribution in [1.29, 1.82) is 0 Å². The fourth-order valence-corrected chi connectivity index (χ4v) is 5.14. The molecule has 1 aromatic carbocycles. The maximum absolute atomic E-state index is 12.7. The van der Waals surface area contributed by atoms with Crippen LogP contribution in [0.15, 0.2) is 42.7 Å². The molecule has 3 heterocycles. The Bertz CT molecular complexity index is 1020. The van der Waals surface area contributed by atoms with Crippen LogP contribution in [0.1, 0.15) is 53.9 Å². The summed E-state index contributed by atoms with van der Waals surface area (Å²) < 4.78 is 5.98. The molecule has 1 atom stereocenters. The lowest BCUT2D eigenvalue weighted by Gasteiger charge is -2.35. The molecule has 1 aliphatic rings. The third-order valence-electron chi connectivity index (χ3n) is 5.27. The first-order chi connectivity index (χ1) is 14.5. The zero-order valence-corrected chi connectivity index (χ0v) is 18.5. The first-order valence-corrected chi connectivity index (χ1v) is 11.5. The van der Waals surface area contributed by atoms with Crippen LogP contribution >= 0.6 is 22.7 Å². The zero-order chi connectivity index (χ0) is 21.1. The summed E-state index contributed by atoms with van der Waals surface area (Å²) >= 11 is 2.77. The third-order valence-corrected chi connectivity index (χ3v) is 7.07. The average molecular weight is 442 g/mol. The number of likely N-dealkylation sites (tertiary alicyclic amines) is 1. The van der Waals surface area contributed by atoms with Crippen molar-refractivity contribution in [2.75, 3.05) is 13.1 Å². The van der Waals surface area contributed by atoms with Gasteiger partial charge in [-0.2, -0.15) is 0 Å².